The molecule has 0 saturated carbocycles. The molecule has 0 aromatic carbocycles. The van der Waals surface area contributed by atoms with Gasteiger partial charge >= 0.3 is 0 Å². The lowest BCUT2D eigenvalue weighted by molar-refractivity contribution is 0.0795. The highest BCUT2D eigenvalue weighted by atomic mass is 32.9. The third kappa shape index (κ3) is 10.5. The van der Waals surface area contributed by atoms with Crippen LogP contribution in [0, 0.1) is 5.92 Å². The molecule has 0 saturated heterocycles. The SMILES string of the molecule is CC(C)CSP(=S)(OC(C)(C)C)OC(C)(C)C. The molecule has 0 rings (SSSR count). The van der Waals surface area contributed by atoms with E-state index in [-0.39, 0.29) is 11.2 Å². The van der Waals surface area contributed by atoms with Crippen LogP contribution in [-0.2, 0) is 20.9 Å². The van der Waals surface area contributed by atoms with Crippen molar-refractivity contribution < 1.29 is 9.05 Å². The van der Waals surface area contributed by atoms with Crippen LogP contribution in [0.5, 0.6) is 0 Å². The first-order valence-electron chi connectivity index (χ1n) is 5.99. The molecule has 0 unspecified atom stereocenters. The van der Waals surface area contributed by atoms with Crippen molar-refractivity contribution in [1.82, 2.24) is 0 Å². The van der Waals surface area contributed by atoms with Crippen LogP contribution in [0.1, 0.15) is 55.4 Å². The van der Waals surface area contributed by atoms with Gasteiger partial charge in [-0.2, -0.15) is 0 Å². The van der Waals surface area contributed by atoms with Crippen LogP contribution < -0.4 is 0 Å². The third-order valence-electron chi connectivity index (χ3n) is 1.34. The quantitative estimate of drug-likeness (QED) is 0.647. The van der Waals surface area contributed by atoms with Crippen molar-refractivity contribution >= 4 is 28.9 Å². The van der Waals surface area contributed by atoms with Gasteiger partial charge in [0.15, 0.2) is 0 Å². The van der Waals surface area contributed by atoms with Gasteiger partial charge in [-0.25, -0.2) is 0 Å². The van der Waals surface area contributed by atoms with E-state index in [0.29, 0.717) is 5.92 Å². The maximum Gasteiger partial charge on any atom is 0.248 e. The van der Waals surface area contributed by atoms with Crippen LogP contribution in [0.25, 0.3) is 0 Å². The van der Waals surface area contributed by atoms with Crippen molar-refractivity contribution in [3.05, 3.63) is 0 Å². The van der Waals surface area contributed by atoms with E-state index < -0.39 is 5.69 Å². The van der Waals surface area contributed by atoms with E-state index in [4.69, 9.17) is 20.9 Å². The topological polar surface area (TPSA) is 18.5 Å². The minimum Gasteiger partial charge on any atom is -0.316 e. The summed E-state index contributed by atoms with van der Waals surface area (Å²) < 4.78 is 12.0. The predicted octanol–water partition coefficient (Wildman–Crippen LogP) is 5.23. The zero-order valence-electron chi connectivity index (χ0n) is 12.4. The number of hydrogen-bond donors (Lipinski definition) is 0. The average Bonchev–Trinajstić information content (AvgIpc) is 1.93. The van der Waals surface area contributed by atoms with Crippen LogP contribution in [0.4, 0.5) is 0 Å². The van der Waals surface area contributed by atoms with Crippen molar-refractivity contribution in [3.63, 3.8) is 0 Å². The molecular formula is C12H27O2PS2. The molecule has 0 radical (unpaired) electrons. The lowest BCUT2D eigenvalue weighted by Crippen LogP contribution is -2.23. The Labute approximate surface area is 116 Å². The molecular weight excluding hydrogens is 271 g/mol. The summed E-state index contributed by atoms with van der Waals surface area (Å²) in [6.07, 6.45) is 0. The summed E-state index contributed by atoms with van der Waals surface area (Å²) in [5.74, 6) is 1.57. The molecule has 17 heavy (non-hydrogen) atoms. The Balaban J connectivity index is 4.76. The summed E-state index contributed by atoms with van der Waals surface area (Å²) in [7, 11) is 0. The van der Waals surface area contributed by atoms with Crippen molar-refractivity contribution in [1.29, 1.82) is 0 Å². The highest BCUT2D eigenvalue weighted by molar-refractivity contribution is 8.67. The van der Waals surface area contributed by atoms with E-state index in [0.717, 1.165) is 5.75 Å². The highest BCUT2D eigenvalue weighted by Gasteiger charge is 2.31. The van der Waals surface area contributed by atoms with Gasteiger partial charge in [0.05, 0.1) is 11.2 Å². The molecule has 0 amide bonds. The fourth-order valence-electron chi connectivity index (χ4n) is 0.983. The first-order valence-corrected chi connectivity index (χ1v) is 10.2. The molecule has 0 aromatic heterocycles. The molecule has 0 spiro atoms. The number of rotatable bonds is 5. The molecule has 0 aliphatic heterocycles. The maximum absolute atomic E-state index is 6.02. The van der Waals surface area contributed by atoms with Gasteiger partial charge in [0.25, 0.3) is 0 Å². The summed E-state index contributed by atoms with van der Waals surface area (Å²) in [5.41, 5.74) is -2.78. The van der Waals surface area contributed by atoms with E-state index in [1.807, 2.05) is 41.5 Å². The van der Waals surface area contributed by atoms with Gasteiger partial charge in [0.2, 0.25) is 5.69 Å². The first kappa shape index (κ1) is 17.9. The zero-order chi connectivity index (χ0) is 13.9. The fourth-order valence-corrected chi connectivity index (χ4v) is 7.94. The summed E-state index contributed by atoms with van der Waals surface area (Å²) in [6.45, 7) is 16.5. The Hall–Kier alpha value is 0.920. The molecule has 0 aliphatic rings. The standard InChI is InChI=1S/C12H27O2PS2/c1-10(2)9-17-15(16,13-11(3,4)5)14-12(6,7)8/h10H,9H2,1-8H3. The van der Waals surface area contributed by atoms with Gasteiger partial charge in [-0.15, -0.1) is 0 Å². The molecule has 2 nitrogen and oxygen atoms in total. The van der Waals surface area contributed by atoms with Gasteiger partial charge in [-0.1, -0.05) is 25.2 Å². The normalized spacial score (nSPS) is 14.4. The minimum atomic E-state index is -2.27. The van der Waals surface area contributed by atoms with Crippen molar-refractivity contribution in [2.75, 3.05) is 5.75 Å². The summed E-state index contributed by atoms with van der Waals surface area (Å²) in [5, 5.41) is 0. The second-order valence-electron chi connectivity index (χ2n) is 6.54. The van der Waals surface area contributed by atoms with Crippen molar-refractivity contribution in [2.45, 2.75) is 66.6 Å². The highest BCUT2D eigenvalue weighted by Crippen LogP contribution is 2.65. The Morgan fingerprint density at radius 1 is 1.00 bits per heavy atom. The van der Waals surface area contributed by atoms with Gasteiger partial charge in [-0.05, 0) is 59.3 Å². The lowest BCUT2D eigenvalue weighted by atomic mass is 10.2. The molecule has 0 aromatic rings. The van der Waals surface area contributed by atoms with Gasteiger partial charge < -0.3 is 9.05 Å². The smallest absolute Gasteiger partial charge is 0.248 e. The third-order valence-corrected chi connectivity index (χ3v) is 7.25. The second kappa shape index (κ2) is 6.38. The molecule has 0 N–H and O–H groups in total. The Morgan fingerprint density at radius 3 is 1.59 bits per heavy atom. The largest absolute Gasteiger partial charge is 0.316 e. The predicted molar refractivity (Wildman–Crippen MR) is 83.3 cm³/mol. The fraction of sp³-hybridized carbons (Fsp3) is 1.00. The van der Waals surface area contributed by atoms with Crippen LogP contribution in [0.15, 0.2) is 0 Å². The van der Waals surface area contributed by atoms with Crippen LogP contribution >= 0.6 is 17.1 Å². The minimum absolute atomic E-state index is 0.259. The zero-order valence-corrected chi connectivity index (χ0v) is 14.9. The first-order chi connectivity index (χ1) is 7.33. The monoisotopic (exact) mass is 298 g/mol. The van der Waals surface area contributed by atoms with Gasteiger partial charge in [-0.3, -0.25) is 0 Å². The second-order valence-corrected chi connectivity index (χ2v) is 12.7. The van der Waals surface area contributed by atoms with Crippen LogP contribution in [0.3, 0.4) is 0 Å². The molecule has 0 aliphatic carbocycles. The molecule has 104 valence electrons. The van der Waals surface area contributed by atoms with Crippen LogP contribution in [0.2, 0.25) is 0 Å². The summed E-state index contributed by atoms with van der Waals surface area (Å²) in [6, 6.07) is 0. The maximum atomic E-state index is 6.02. The van der Waals surface area contributed by atoms with E-state index in [9.17, 15) is 0 Å². The molecule has 0 atom stereocenters. The molecule has 5 heteroatoms. The van der Waals surface area contributed by atoms with Gasteiger partial charge in [0.1, 0.15) is 0 Å². The van der Waals surface area contributed by atoms with E-state index in [1.54, 1.807) is 11.4 Å². The van der Waals surface area contributed by atoms with E-state index in [2.05, 4.69) is 13.8 Å². The molecule has 0 heterocycles. The number of hydrogen-bond acceptors (Lipinski definition) is 4. The van der Waals surface area contributed by atoms with Crippen LogP contribution in [-0.4, -0.2) is 17.0 Å². The summed E-state index contributed by atoms with van der Waals surface area (Å²) in [4.78, 5) is 0. The summed E-state index contributed by atoms with van der Waals surface area (Å²) >= 11 is 7.31. The van der Waals surface area contributed by atoms with E-state index in [1.165, 1.54) is 0 Å². The Bertz CT molecular complexity index is 257. The van der Waals surface area contributed by atoms with E-state index >= 15 is 0 Å². The van der Waals surface area contributed by atoms with Crippen molar-refractivity contribution in [2.24, 2.45) is 5.92 Å². The average molecular weight is 298 g/mol. The van der Waals surface area contributed by atoms with Gasteiger partial charge in [0, 0.05) is 5.75 Å². The molecule has 0 fully saturated rings. The lowest BCUT2D eigenvalue weighted by Gasteiger charge is -2.34. The Morgan fingerprint density at radius 2 is 1.35 bits per heavy atom. The molecule has 0 bridgehead atoms. The van der Waals surface area contributed by atoms with Crippen molar-refractivity contribution in [3.8, 4) is 0 Å². The Kier molecular flexibility index (Phi) is 6.73.